The molecule has 0 atom stereocenters. The molecule has 0 amide bonds. The van der Waals surface area contributed by atoms with Gasteiger partial charge in [-0.25, -0.2) is 4.98 Å². The van der Waals surface area contributed by atoms with Crippen LogP contribution in [0.1, 0.15) is 26.3 Å². The summed E-state index contributed by atoms with van der Waals surface area (Å²) in [5.41, 5.74) is 4.87. The van der Waals surface area contributed by atoms with Crippen LogP contribution < -0.4 is 0 Å². The van der Waals surface area contributed by atoms with E-state index in [1.807, 2.05) is 12.3 Å². The largest absolute Gasteiger partial charge is 0.294 e. The molecular formula is C21H20N2. The summed E-state index contributed by atoms with van der Waals surface area (Å²) in [5, 5.41) is 2.44. The molecule has 4 rings (SSSR count). The maximum absolute atomic E-state index is 4.63. The van der Waals surface area contributed by atoms with Gasteiger partial charge in [-0.1, -0.05) is 51.1 Å². The van der Waals surface area contributed by atoms with Crippen molar-refractivity contribution in [3.05, 3.63) is 72.4 Å². The van der Waals surface area contributed by atoms with E-state index in [1.54, 1.807) is 0 Å². The van der Waals surface area contributed by atoms with Gasteiger partial charge in [0.1, 0.15) is 5.65 Å². The monoisotopic (exact) mass is 300 g/mol. The van der Waals surface area contributed by atoms with Crippen LogP contribution in [0.25, 0.3) is 27.6 Å². The van der Waals surface area contributed by atoms with Crippen molar-refractivity contribution in [1.29, 1.82) is 0 Å². The Morgan fingerprint density at radius 3 is 2.22 bits per heavy atom. The fourth-order valence-electron chi connectivity index (χ4n) is 3.17. The zero-order valence-corrected chi connectivity index (χ0v) is 13.7. The van der Waals surface area contributed by atoms with Gasteiger partial charge in [0.25, 0.3) is 0 Å². The van der Waals surface area contributed by atoms with Gasteiger partial charge in [0, 0.05) is 22.7 Å². The summed E-state index contributed by atoms with van der Waals surface area (Å²) in [4.78, 5) is 4.63. The van der Waals surface area contributed by atoms with Crippen LogP contribution in [-0.2, 0) is 5.41 Å². The van der Waals surface area contributed by atoms with Gasteiger partial charge >= 0.3 is 0 Å². The summed E-state index contributed by atoms with van der Waals surface area (Å²) >= 11 is 0. The fraction of sp³-hybridized carbons (Fsp3) is 0.190. The number of hydrogen-bond donors (Lipinski definition) is 0. The SMILES string of the molecule is CC(C)(C)c1ccc(-n2c3ccccc3c3cccnc32)cc1. The van der Waals surface area contributed by atoms with E-state index in [1.165, 1.54) is 21.9 Å². The third-order valence-electron chi connectivity index (χ3n) is 4.43. The van der Waals surface area contributed by atoms with Crippen LogP contribution in [0, 0.1) is 0 Å². The fourth-order valence-corrected chi connectivity index (χ4v) is 3.17. The maximum atomic E-state index is 4.63. The Morgan fingerprint density at radius 1 is 0.783 bits per heavy atom. The van der Waals surface area contributed by atoms with Crippen LogP contribution >= 0.6 is 0 Å². The van der Waals surface area contributed by atoms with E-state index in [9.17, 15) is 0 Å². The Morgan fingerprint density at radius 2 is 1.48 bits per heavy atom. The number of aromatic nitrogens is 2. The highest BCUT2D eigenvalue weighted by molar-refractivity contribution is 6.07. The van der Waals surface area contributed by atoms with E-state index in [0.717, 1.165) is 11.3 Å². The van der Waals surface area contributed by atoms with Crippen LogP contribution in [0.3, 0.4) is 0 Å². The Kier molecular flexibility index (Phi) is 3.02. The van der Waals surface area contributed by atoms with Crippen LogP contribution in [0.15, 0.2) is 66.9 Å². The highest BCUT2D eigenvalue weighted by atomic mass is 15.0. The number of fused-ring (bicyclic) bond motifs is 3. The van der Waals surface area contributed by atoms with Gasteiger partial charge in [0.15, 0.2) is 0 Å². The molecule has 0 unspecified atom stereocenters. The first-order chi connectivity index (χ1) is 11.1. The molecule has 0 radical (unpaired) electrons. The van der Waals surface area contributed by atoms with Gasteiger partial charge in [-0.3, -0.25) is 4.57 Å². The number of rotatable bonds is 1. The highest BCUT2D eigenvalue weighted by Gasteiger charge is 2.15. The average Bonchev–Trinajstić information content (AvgIpc) is 2.89. The van der Waals surface area contributed by atoms with E-state index >= 15 is 0 Å². The number of hydrogen-bond acceptors (Lipinski definition) is 1. The van der Waals surface area contributed by atoms with Crippen LogP contribution in [0.4, 0.5) is 0 Å². The minimum Gasteiger partial charge on any atom is -0.294 e. The second kappa shape index (κ2) is 4.95. The summed E-state index contributed by atoms with van der Waals surface area (Å²) in [6.45, 7) is 6.72. The van der Waals surface area contributed by atoms with Crippen molar-refractivity contribution < 1.29 is 0 Å². The van der Waals surface area contributed by atoms with Crippen molar-refractivity contribution in [3.8, 4) is 5.69 Å². The lowest BCUT2D eigenvalue weighted by Crippen LogP contribution is -2.10. The minimum atomic E-state index is 0.164. The van der Waals surface area contributed by atoms with Gasteiger partial charge in [-0.2, -0.15) is 0 Å². The van der Waals surface area contributed by atoms with Crippen molar-refractivity contribution in [3.63, 3.8) is 0 Å². The van der Waals surface area contributed by atoms with Crippen LogP contribution in [0.2, 0.25) is 0 Å². The first-order valence-corrected chi connectivity index (χ1v) is 8.01. The summed E-state index contributed by atoms with van der Waals surface area (Å²) in [7, 11) is 0. The molecule has 0 saturated carbocycles. The molecule has 0 fully saturated rings. The van der Waals surface area contributed by atoms with Gasteiger partial charge in [0.2, 0.25) is 0 Å². The number of para-hydroxylation sites is 1. The summed E-state index contributed by atoms with van der Waals surface area (Å²) in [6.07, 6.45) is 1.86. The molecule has 0 aliphatic heterocycles. The lowest BCUT2D eigenvalue weighted by molar-refractivity contribution is 0.590. The predicted molar refractivity (Wildman–Crippen MR) is 97.3 cm³/mol. The number of nitrogens with zero attached hydrogens (tertiary/aromatic N) is 2. The molecule has 0 spiro atoms. The molecule has 2 heterocycles. The molecule has 0 saturated heterocycles. The minimum absolute atomic E-state index is 0.164. The maximum Gasteiger partial charge on any atom is 0.145 e. The molecule has 2 nitrogen and oxygen atoms in total. The molecule has 2 heteroatoms. The highest BCUT2D eigenvalue weighted by Crippen LogP contribution is 2.31. The molecule has 0 aliphatic rings. The van der Waals surface area contributed by atoms with E-state index in [2.05, 4.69) is 84.9 Å². The second-order valence-electron chi connectivity index (χ2n) is 7.02. The smallest absolute Gasteiger partial charge is 0.145 e. The number of pyridine rings is 1. The van der Waals surface area contributed by atoms with Crippen molar-refractivity contribution in [2.75, 3.05) is 0 Å². The molecule has 114 valence electrons. The summed E-state index contributed by atoms with van der Waals surface area (Å²) < 4.78 is 2.25. The Balaban J connectivity index is 2.01. The molecule has 0 bridgehead atoms. The number of benzene rings is 2. The van der Waals surface area contributed by atoms with E-state index < -0.39 is 0 Å². The van der Waals surface area contributed by atoms with Crippen LogP contribution in [0.5, 0.6) is 0 Å². The average molecular weight is 300 g/mol. The van der Waals surface area contributed by atoms with Crippen molar-refractivity contribution in [2.24, 2.45) is 0 Å². The molecule has 0 N–H and O–H groups in total. The van der Waals surface area contributed by atoms with E-state index in [0.29, 0.717) is 0 Å². The van der Waals surface area contributed by atoms with E-state index in [-0.39, 0.29) is 5.41 Å². The lowest BCUT2D eigenvalue weighted by atomic mass is 9.87. The molecule has 4 aromatic rings. The zero-order valence-electron chi connectivity index (χ0n) is 13.7. The lowest BCUT2D eigenvalue weighted by Gasteiger charge is -2.19. The third kappa shape index (κ3) is 2.22. The quantitative estimate of drug-likeness (QED) is 0.455. The standard InChI is InChI=1S/C21H20N2/c1-21(2,3)15-10-12-16(13-11-15)23-19-9-5-4-7-17(19)18-8-6-14-22-20(18)23/h4-14H,1-3H3. The molecule has 2 aromatic carbocycles. The normalized spacial score (nSPS) is 12.1. The van der Waals surface area contributed by atoms with Gasteiger partial charge in [-0.15, -0.1) is 0 Å². The van der Waals surface area contributed by atoms with E-state index in [4.69, 9.17) is 0 Å². The van der Waals surface area contributed by atoms with Crippen molar-refractivity contribution >= 4 is 21.9 Å². The summed E-state index contributed by atoms with van der Waals surface area (Å²) in [5.74, 6) is 0. The van der Waals surface area contributed by atoms with Gasteiger partial charge in [0.05, 0.1) is 5.52 Å². The topological polar surface area (TPSA) is 17.8 Å². The second-order valence-corrected chi connectivity index (χ2v) is 7.02. The Hall–Kier alpha value is -2.61. The first kappa shape index (κ1) is 14.0. The summed E-state index contributed by atoms with van der Waals surface area (Å²) in [6, 6.07) is 21.5. The Labute approximate surface area is 136 Å². The van der Waals surface area contributed by atoms with Gasteiger partial charge in [-0.05, 0) is 41.3 Å². The third-order valence-corrected chi connectivity index (χ3v) is 4.43. The molecule has 23 heavy (non-hydrogen) atoms. The van der Waals surface area contributed by atoms with Gasteiger partial charge < -0.3 is 0 Å². The Bertz CT molecular complexity index is 933. The van der Waals surface area contributed by atoms with Crippen LogP contribution in [-0.4, -0.2) is 9.55 Å². The zero-order chi connectivity index (χ0) is 16.0. The predicted octanol–water partition coefficient (Wildman–Crippen LogP) is 5.48. The molecule has 0 aliphatic carbocycles. The first-order valence-electron chi connectivity index (χ1n) is 8.01. The molecular weight excluding hydrogens is 280 g/mol. The van der Waals surface area contributed by atoms with Crippen molar-refractivity contribution in [2.45, 2.75) is 26.2 Å². The van der Waals surface area contributed by atoms with Crippen molar-refractivity contribution in [1.82, 2.24) is 9.55 Å². The molecule has 2 aromatic heterocycles.